The Morgan fingerprint density at radius 3 is 2.79 bits per heavy atom. The minimum absolute atomic E-state index is 0.158. The second-order valence-corrected chi connectivity index (χ2v) is 5.59. The number of piperidine rings is 1. The van der Waals surface area contributed by atoms with Crippen molar-refractivity contribution in [3.63, 3.8) is 0 Å². The highest BCUT2D eigenvalue weighted by atomic mass is 15.2. The van der Waals surface area contributed by atoms with Crippen molar-refractivity contribution in [2.75, 3.05) is 32.1 Å². The average molecular weight is 260 g/mol. The van der Waals surface area contributed by atoms with Crippen LogP contribution >= 0.6 is 0 Å². The Morgan fingerprint density at radius 1 is 1.42 bits per heavy atom. The zero-order valence-electron chi connectivity index (χ0n) is 12.1. The molecule has 3 N–H and O–H groups in total. The highest BCUT2D eigenvalue weighted by Gasteiger charge is 2.24. The summed E-state index contributed by atoms with van der Waals surface area (Å²) in [4.78, 5) is 4.68. The zero-order valence-corrected chi connectivity index (χ0v) is 12.1. The van der Waals surface area contributed by atoms with Gasteiger partial charge in [0, 0.05) is 24.7 Å². The van der Waals surface area contributed by atoms with Gasteiger partial charge in [-0.15, -0.1) is 0 Å². The lowest BCUT2D eigenvalue weighted by molar-refractivity contribution is 0.258. The summed E-state index contributed by atoms with van der Waals surface area (Å²) in [6.45, 7) is 4.16. The molecule has 0 aliphatic carbocycles. The minimum atomic E-state index is 0.158. The van der Waals surface area contributed by atoms with Crippen molar-refractivity contribution in [1.29, 1.82) is 5.41 Å². The molecule has 1 aliphatic heterocycles. The Labute approximate surface area is 115 Å². The number of rotatable bonds is 3. The fraction of sp³-hybridized carbons (Fsp3) is 0.533. The Kier molecular flexibility index (Phi) is 4.10. The van der Waals surface area contributed by atoms with Gasteiger partial charge < -0.3 is 15.5 Å². The maximum absolute atomic E-state index is 7.77. The van der Waals surface area contributed by atoms with E-state index in [0.717, 1.165) is 24.3 Å². The predicted octanol–water partition coefficient (Wildman–Crippen LogP) is 1.81. The first-order valence-corrected chi connectivity index (χ1v) is 6.86. The van der Waals surface area contributed by atoms with Crippen LogP contribution in [0.15, 0.2) is 18.2 Å². The Hall–Kier alpha value is -1.55. The molecule has 0 spiro atoms. The van der Waals surface area contributed by atoms with Crippen LogP contribution in [-0.2, 0) is 0 Å². The zero-order chi connectivity index (χ0) is 14.0. The maximum Gasteiger partial charge on any atom is 0.124 e. The van der Waals surface area contributed by atoms with Crippen molar-refractivity contribution in [3.05, 3.63) is 29.3 Å². The van der Waals surface area contributed by atoms with Crippen molar-refractivity contribution < 1.29 is 0 Å². The molecule has 1 heterocycles. The van der Waals surface area contributed by atoms with Crippen LogP contribution in [0.4, 0.5) is 5.69 Å². The van der Waals surface area contributed by atoms with Crippen molar-refractivity contribution in [1.82, 2.24) is 4.90 Å². The van der Waals surface area contributed by atoms with E-state index in [1.165, 1.54) is 18.4 Å². The SMILES string of the molecule is Cc1cccc(C(=N)N)c1N1CCCC(N(C)C)C1. The summed E-state index contributed by atoms with van der Waals surface area (Å²) in [6.07, 6.45) is 2.43. The molecule has 0 bridgehead atoms. The smallest absolute Gasteiger partial charge is 0.124 e. The lowest BCUT2D eigenvalue weighted by Crippen LogP contribution is -2.46. The number of benzene rings is 1. The Balaban J connectivity index is 2.33. The number of nitrogens with one attached hydrogen (secondary N) is 1. The fourth-order valence-corrected chi connectivity index (χ4v) is 2.88. The number of anilines is 1. The first-order valence-electron chi connectivity index (χ1n) is 6.86. The average Bonchev–Trinajstić information content (AvgIpc) is 2.38. The summed E-state index contributed by atoms with van der Waals surface area (Å²) < 4.78 is 0. The third-order valence-electron chi connectivity index (χ3n) is 3.97. The monoisotopic (exact) mass is 260 g/mol. The molecule has 0 radical (unpaired) electrons. The van der Waals surface area contributed by atoms with E-state index < -0.39 is 0 Å². The van der Waals surface area contributed by atoms with Gasteiger partial charge in [0.05, 0.1) is 5.69 Å². The van der Waals surface area contributed by atoms with Crippen molar-refractivity contribution in [2.45, 2.75) is 25.8 Å². The number of hydrogen-bond acceptors (Lipinski definition) is 3. The lowest BCUT2D eigenvalue weighted by atomic mass is 10.00. The summed E-state index contributed by atoms with van der Waals surface area (Å²) >= 11 is 0. The summed E-state index contributed by atoms with van der Waals surface area (Å²) in [7, 11) is 4.27. The highest BCUT2D eigenvalue weighted by molar-refractivity contribution is 6.01. The molecule has 1 atom stereocenters. The van der Waals surface area contributed by atoms with Gasteiger partial charge in [0.1, 0.15) is 5.84 Å². The highest BCUT2D eigenvalue weighted by Crippen LogP contribution is 2.28. The molecule has 0 saturated carbocycles. The third kappa shape index (κ3) is 2.89. The molecule has 0 amide bonds. The number of nitrogen functional groups attached to an aromatic ring is 1. The number of para-hydroxylation sites is 1. The number of nitrogens with two attached hydrogens (primary N) is 1. The van der Waals surface area contributed by atoms with Gasteiger partial charge in [0.15, 0.2) is 0 Å². The molecule has 4 nitrogen and oxygen atoms in total. The summed E-state index contributed by atoms with van der Waals surface area (Å²) in [5, 5.41) is 7.77. The largest absolute Gasteiger partial charge is 0.384 e. The molecule has 1 saturated heterocycles. The number of aryl methyl sites for hydroxylation is 1. The van der Waals surface area contributed by atoms with Crippen molar-refractivity contribution >= 4 is 11.5 Å². The van der Waals surface area contributed by atoms with Gasteiger partial charge in [0.25, 0.3) is 0 Å². The molecule has 1 fully saturated rings. The molecule has 2 rings (SSSR count). The van der Waals surface area contributed by atoms with Gasteiger partial charge in [-0.3, -0.25) is 5.41 Å². The van der Waals surface area contributed by atoms with Gasteiger partial charge in [-0.1, -0.05) is 12.1 Å². The first-order chi connectivity index (χ1) is 9.00. The molecule has 1 unspecified atom stereocenters. The van der Waals surface area contributed by atoms with E-state index in [9.17, 15) is 0 Å². The second-order valence-electron chi connectivity index (χ2n) is 5.59. The van der Waals surface area contributed by atoms with Gasteiger partial charge >= 0.3 is 0 Å². The van der Waals surface area contributed by atoms with E-state index in [1.807, 2.05) is 12.1 Å². The predicted molar refractivity (Wildman–Crippen MR) is 81.1 cm³/mol. The maximum atomic E-state index is 7.77. The quantitative estimate of drug-likeness (QED) is 0.644. The molecule has 1 aliphatic rings. The van der Waals surface area contributed by atoms with Crippen molar-refractivity contribution in [2.24, 2.45) is 5.73 Å². The number of nitrogens with zero attached hydrogens (tertiary/aromatic N) is 2. The van der Waals surface area contributed by atoms with Crippen LogP contribution in [0.2, 0.25) is 0 Å². The van der Waals surface area contributed by atoms with E-state index in [1.54, 1.807) is 0 Å². The van der Waals surface area contributed by atoms with E-state index in [0.29, 0.717) is 6.04 Å². The topological polar surface area (TPSA) is 56.4 Å². The van der Waals surface area contributed by atoms with E-state index >= 15 is 0 Å². The van der Waals surface area contributed by atoms with Crippen LogP contribution in [0.1, 0.15) is 24.0 Å². The van der Waals surface area contributed by atoms with Gasteiger partial charge in [-0.05, 0) is 45.5 Å². The summed E-state index contributed by atoms with van der Waals surface area (Å²) in [5.41, 5.74) is 8.93. The van der Waals surface area contributed by atoms with Crippen molar-refractivity contribution in [3.8, 4) is 0 Å². The van der Waals surface area contributed by atoms with Gasteiger partial charge in [-0.2, -0.15) is 0 Å². The lowest BCUT2D eigenvalue weighted by Gasteiger charge is -2.39. The molecule has 19 heavy (non-hydrogen) atoms. The number of likely N-dealkylation sites (N-methyl/N-ethyl adjacent to an activating group) is 1. The standard InChI is InChI=1S/C15H24N4/c1-11-6-4-8-13(15(16)17)14(11)19-9-5-7-12(10-19)18(2)3/h4,6,8,12H,5,7,9-10H2,1-3H3,(H3,16,17). The summed E-state index contributed by atoms with van der Waals surface area (Å²) in [5.74, 6) is 0.158. The molecular weight excluding hydrogens is 236 g/mol. The van der Waals surface area contributed by atoms with Gasteiger partial charge in [0.2, 0.25) is 0 Å². The number of amidine groups is 1. The van der Waals surface area contributed by atoms with Crippen LogP contribution in [0.3, 0.4) is 0 Å². The van der Waals surface area contributed by atoms with Gasteiger partial charge in [-0.25, -0.2) is 0 Å². The minimum Gasteiger partial charge on any atom is -0.384 e. The third-order valence-corrected chi connectivity index (χ3v) is 3.97. The molecule has 1 aromatic carbocycles. The fourth-order valence-electron chi connectivity index (χ4n) is 2.88. The van der Waals surface area contributed by atoms with Crippen LogP contribution in [0.25, 0.3) is 0 Å². The van der Waals surface area contributed by atoms with Crippen LogP contribution in [-0.4, -0.2) is 44.0 Å². The van der Waals surface area contributed by atoms with E-state index in [2.05, 4.69) is 36.9 Å². The molecule has 0 aromatic heterocycles. The molecule has 4 heteroatoms. The second kappa shape index (κ2) is 5.61. The van der Waals surface area contributed by atoms with Crippen LogP contribution < -0.4 is 10.6 Å². The Bertz CT molecular complexity index is 467. The van der Waals surface area contributed by atoms with E-state index in [-0.39, 0.29) is 5.84 Å². The number of hydrogen-bond donors (Lipinski definition) is 2. The molecule has 104 valence electrons. The van der Waals surface area contributed by atoms with Crippen LogP contribution in [0, 0.1) is 12.3 Å². The normalized spacial score (nSPS) is 19.8. The summed E-state index contributed by atoms with van der Waals surface area (Å²) in [6, 6.07) is 6.60. The Morgan fingerprint density at radius 2 is 2.16 bits per heavy atom. The molecule has 1 aromatic rings. The van der Waals surface area contributed by atoms with E-state index in [4.69, 9.17) is 11.1 Å². The first kappa shape index (κ1) is 13.9. The molecular formula is C15H24N4. The van der Waals surface area contributed by atoms with Crippen LogP contribution in [0.5, 0.6) is 0 Å².